The van der Waals surface area contributed by atoms with Crippen LogP contribution in [-0.4, -0.2) is 22.8 Å². The topological polar surface area (TPSA) is 105 Å². The molecule has 1 saturated heterocycles. The van der Waals surface area contributed by atoms with Crippen molar-refractivity contribution in [3.63, 3.8) is 0 Å². The van der Waals surface area contributed by atoms with E-state index in [-0.39, 0.29) is 17.8 Å². The first-order valence-electron chi connectivity index (χ1n) is 8.07. The highest BCUT2D eigenvalue weighted by atomic mass is 35.5. The summed E-state index contributed by atoms with van der Waals surface area (Å²) in [7, 11) is 0. The van der Waals surface area contributed by atoms with Gasteiger partial charge in [-0.05, 0) is 30.3 Å². The van der Waals surface area contributed by atoms with E-state index in [2.05, 4.69) is 10.9 Å². The predicted octanol–water partition coefficient (Wildman–Crippen LogP) is 3.52. The van der Waals surface area contributed by atoms with E-state index in [1.807, 2.05) is 0 Å². The van der Waals surface area contributed by atoms with E-state index in [4.69, 9.17) is 11.6 Å². The van der Waals surface area contributed by atoms with E-state index < -0.39 is 39.5 Å². The molecular weight excluding hydrogens is 417 g/mol. The van der Waals surface area contributed by atoms with E-state index in [1.54, 1.807) is 0 Å². The van der Waals surface area contributed by atoms with Gasteiger partial charge in [0.25, 0.3) is 11.6 Å². The summed E-state index contributed by atoms with van der Waals surface area (Å²) in [5.41, 5.74) is 4.12. The van der Waals surface area contributed by atoms with Crippen molar-refractivity contribution in [1.29, 1.82) is 0 Å². The number of non-ortho nitro benzene ring substituents is 1. The monoisotopic (exact) mass is 428 g/mol. The third-order valence-corrected chi connectivity index (χ3v) is 4.46. The molecule has 0 unspecified atom stereocenters. The zero-order valence-corrected chi connectivity index (χ0v) is 15.1. The second-order valence-corrected chi connectivity index (χ2v) is 6.47. The van der Waals surface area contributed by atoms with Crippen molar-refractivity contribution in [2.24, 2.45) is 0 Å². The van der Waals surface area contributed by atoms with E-state index in [0.717, 1.165) is 12.1 Å². The molecule has 1 aliphatic heterocycles. The van der Waals surface area contributed by atoms with E-state index in [0.29, 0.717) is 16.7 Å². The van der Waals surface area contributed by atoms with Gasteiger partial charge in [-0.25, -0.2) is 10.3 Å². The van der Waals surface area contributed by atoms with E-state index in [9.17, 15) is 32.9 Å². The van der Waals surface area contributed by atoms with Crippen molar-refractivity contribution >= 4 is 40.5 Å². The van der Waals surface area contributed by atoms with Crippen LogP contribution in [0.5, 0.6) is 0 Å². The number of rotatable bonds is 5. The van der Waals surface area contributed by atoms with Gasteiger partial charge >= 0.3 is 6.18 Å². The van der Waals surface area contributed by atoms with Gasteiger partial charge in [0, 0.05) is 17.8 Å². The Labute approximate surface area is 166 Å². The fraction of sp³-hybridized carbons (Fsp3) is 0.176. The van der Waals surface area contributed by atoms with Crippen LogP contribution >= 0.6 is 11.6 Å². The maximum atomic E-state index is 13.0. The highest BCUT2D eigenvalue weighted by molar-refractivity contribution is 6.31. The molecule has 1 atom stereocenters. The van der Waals surface area contributed by atoms with Gasteiger partial charge in [0.1, 0.15) is 6.04 Å². The maximum absolute atomic E-state index is 13.0. The highest BCUT2D eigenvalue weighted by Crippen LogP contribution is 2.37. The Kier molecular flexibility index (Phi) is 5.44. The summed E-state index contributed by atoms with van der Waals surface area (Å²) in [6.07, 6.45) is -5.03. The molecule has 2 amide bonds. The summed E-state index contributed by atoms with van der Waals surface area (Å²) in [6.45, 7) is 0. The molecular formula is C17H12ClF3N4O4. The Morgan fingerprint density at radius 3 is 2.38 bits per heavy atom. The van der Waals surface area contributed by atoms with Crippen LogP contribution in [0, 0.1) is 10.1 Å². The number of hydrazine groups is 1. The lowest BCUT2D eigenvalue weighted by Crippen LogP contribution is -2.41. The molecule has 29 heavy (non-hydrogen) atoms. The number of carbonyl (C=O) groups is 2. The van der Waals surface area contributed by atoms with E-state index in [1.165, 1.54) is 24.3 Å². The van der Waals surface area contributed by atoms with Gasteiger partial charge in [0.15, 0.2) is 0 Å². The molecule has 2 aromatic rings. The summed E-state index contributed by atoms with van der Waals surface area (Å²) >= 11 is 5.56. The maximum Gasteiger partial charge on any atom is 0.417 e. The second kappa shape index (κ2) is 7.68. The quantitative estimate of drug-likeness (QED) is 0.429. The Balaban J connectivity index is 1.74. The number of nitrogens with one attached hydrogen (secondary N) is 2. The number of carbonyl (C=O) groups excluding carboxylic acids is 2. The predicted molar refractivity (Wildman–Crippen MR) is 97.2 cm³/mol. The van der Waals surface area contributed by atoms with Crippen molar-refractivity contribution in [2.45, 2.75) is 18.6 Å². The molecule has 1 heterocycles. The minimum atomic E-state index is -4.74. The molecule has 12 heteroatoms. The van der Waals surface area contributed by atoms with Gasteiger partial charge in [0.2, 0.25) is 5.91 Å². The number of imide groups is 1. The zero-order chi connectivity index (χ0) is 21.3. The first-order chi connectivity index (χ1) is 13.6. The average molecular weight is 429 g/mol. The standard InChI is InChI=1S/C17H12ClF3N4O4/c18-13-6-5-11(7-12(13)17(19,20)21)24-15(26)8-14(16(24)27)23-22-9-1-3-10(4-2-9)25(28)29/h1-7,14,22-23H,8H2/t14-/m0/s1. The van der Waals surface area contributed by atoms with Crippen LogP contribution in [0.2, 0.25) is 5.02 Å². The Bertz CT molecular complexity index is 982. The summed E-state index contributed by atoms with van der Waals surface area (Å²) in [5, 5.41) is 10.1. The molecule has 0 bridgehead atoms. The largest absolute Gasteiger partial charge is 0.417 e. The van der Waals surface area contributed by atoms with Gasteiger partial charge < -0.3 is 5.43 Å². The van der Waals surface area contributed by atoms with Crippen LogP contribution in [0.25, 0.3) is 0 Å². The molecule has 1 aliphatic rings. The lowest BCUT2D eigenvalue weighted by molar-refractivity contribution is -0.384. The first-order valence-corrected chi connectivity index (χ1v) is 8.45. The van der Waals surface area contributed by atoms with Gasteiger partial charge in [-0.2, -0.15) is 13.2 Å². The summed E-state index contributed by atoms with van der Waals surface area (Å²) in [5.74, 6) is -1.44. The number of anilines is 2. The van der Waals surface area contributed by atoms with Gasteiger partial charge in [-0.15, -0.1) is 0 Å². The van der Waals surface area contributed by atoms with Gasteiger partial charge in [0.05, 0.1) is 27.6 Å². The number of nitro benzene ring substituents is 1. The molecule has 2 N–H and O–H groups in total. The number of alkyl halides is 3. The summed E-state index contributed by atoms with van der Waals surface area (Å²) < 4.78 is 39.1. The SMILES string of the molecule is O=C1C[C@H](NNc2ccc([N+](=O)[O-])cc2)C(=O)N1c1ccc(Cl)c(C(F)(F)F)c1. The third-order valence-electron chi connectivity index (χ3n) is 4.13. The third kappa shape index (κ3) is 4.30. The van der Waals surface area contributed by atoms with Crippen LogP contribution in [0.1, 0.15) is 12.0 Å². The van der Waals surface area contributed by atoms with Crippen LogP contribution < -0.4 is 15.8 Å². The number of nitro groups is 1. The average Bonchev–Trinajstić information content (AvgIpc) is 2.93. The Morgan fingerprint density at radius 2 is 1.79 bits per heavy atom. The fourth-order valence-corrected chi connectivity index (χ4v) is 2.95. The Hall–Kier alpha value is -3.18. The highest BCUT2D eigenvalue weighted by Gasteiger charge is 2.41. The fourth-order valence-electron chi connectivity index (χ4n) is 2.72. The van der Waals surface area contributed by atoms with Crippen molar-refractivity contribution in [2.75, 3.05) is 10.3 Å². The van der Waals surface area contributed by atoms with Crippen LogP contribution in [0.3, 0.4) is 0 Å². The van der Waals surface area contributed by atoms with Crippen LogP contribution in [0.4, 0.5) is 30.2 Å². The number of benzene rings is 2. The molecule has 0 aromatic heterocycles. The van der Waals surface area contributed by atoms with Crippen molar-refractivity contribution in [3.8, 4) is 0 Å². The van der Waals surface area contributed by atoms with Crippen molar-refractivity contribution < 1.29 is 27.7 Å². The number of halogens is 4. The van der Waals surface area contributed by atoms with Gasteiger partial charge in [-0.1, -0.05) is 11.6 Å². The molecule has 0 aliphatic carbocycles. The van der Waals surface area contributed by atoms with Gasteiger partial charge in [-0.3, -0.25) is 19.7 Å². The lowest BCUT2D eigenvalue weighted by Gasteiger charge is -2.18. The zero-order valence-electron chi connectivity index (χ0n) is 14.4. The summed E-state index contributed by atoms with van der Waals surface area (Å²) in [4.78, 5) is 35.5. The normalized spacial score (nSPS) is 17.0. The Morgan fingerprint density at radius 1 is 1.14 bits per heavy atom. The smallest absolute Gasteiger partial charge is 0.321 e. The number of hydrogen-bond donors (Lipinski definition) is 2. The molecule has 3 rings (SSSR count). The molecule has 152 valence electrons. The number of hydrogen-bond acceptors (Lipinski definition) is 6. The first kappa shape index (κ1) is 20.6. The molecule has 0 radical (unpaired) electrons. The van der Waals surface area contributed by atoms with Crippen molar-refractivity contribution in [1.82, 2.24) is 5.43 Å². The number of nitrogens with zero attached hydrogens (tertiary/aromatic N) is 2. The molecule has 0 saturated carbocycles. The molecule has 2 aromatic carbocycles. The number of amides is 2. The second-order valence-electron chi connectivity index (χ2n) is 6.06. The molecule has 8 nitrogen and oxygen atoms in total. The van der Waals surface area contributed by atoms with Crippen LogP contribution in [-0.2, 0) is 15.8 Å². The summed E-state index contributed by atoms with van der Waals surface area (Å²) in [6, 6.07) is 6.98. The molecule has 0 spiro atoms. The molecule has 1 fully saturated rings. The van der Waals surface area contributed by atoms with Crippen LogP contribution in [0.15, 0.2) is 42.5 Å². The lowest BCUT2D eigenvalue weighted by atomic mass is 10.2. The van der Waals surface area contributed by atoms with E-state index >= 15 is 0 Å². The van der Waals surface area contributed by atoms with Crippen molar-refractivity contribution in [3.05, 3.63) is 63.2 Å². The minimum Gasteiger partial charge on any atom is -0.321 e. The minimum absolute atomic E-state index is 0.128.